The maximum atomic E-state index is 10.9. The number of aromatic nitrogens is 6. The Morgan fingerprint density at radius 1 is 0.833 bits per heavy atom. The third kappa shape index (κ3) is 5.76. The Morgan fingerprint density at radius 3 is 1.76 bits per heavy atom. The average molecular weight is 605 g/mol. The number of benzene rings is 2. The molecule has 6 rings (SSSR count). The van der Waals surface area contributed by atoms with E-state index < -0.39 is 4.92 Å². The van der Waals surface area contributed by atoms with Gasteiger partial charge in [0, 0.05) is 66.5 Å². The number of nitrogens with two attached hydrogens (primary N) is 1. The van der Waals surface area contributed by atoms with Crippen LogP contribution >= 0.6 is 22.7 Å². The lowest BCUT2D eigenvalue weighted by molar-refractivity contribution is -0.384. The number of fused-ring (bicyclic) bond motifs is 2. The first-order valence-corrected chi connectivity index (χ1v) is 14.8. The second-order valence-corrected chi connectivity index (χ2v) is 12.2. The molecule has 0 saturated heterocycles. The van der Waals surface area contributed by atoms with E-state index in [1.807, 2.05) is 66.9 Å². The van der Waals surface area contributed by atoms with Crippen molar-refractivity contribution < 1.29 is 4.92 Å². The van der Waals surface area contributed by atoms with E-state index in [0.29, 0.717) is 6.54 Å². The molecular weight excluding hydrogens is 573 g/mol. The van der Waals surface area contributed by atoms with Gasteiger partial charge in [-0.2, -0.15) is 10.2 Å². The molecule has 0 spiro atoms. The highest BCUT2D eigenvalue weighted by molar-refractivity contribution is 7.09. The van der Waals surface area contributed by atoms with Gasteiger partial charge < -0.3 is 15.5 Å². The monoisotopic (exact) mass is 604 g/mol. The molecule has 4 heterocycles. The average Bonchev–Trinajstić information content (AvgIpc) is 3.72. The smallest absolute Gasteiger partial charge is 0.271 e. The molecule has 0 aliphatic heterocycles. The zero-order chi connectivity index (χ0) is 30.1. The van der Waals surface area contributed by atoms with Crippen molar-refractivity contribution in [2.45, 2.75) is 26.9 Å². The highest BCUT2D eigenvalue weighted by Crippen LogP contribution is 2.30. The van der Waals surface area contributed by atoms with E-state index >= 15 is 0 Å². The van der Waals surface area contributed by atoms with Gasteiger partial charge in [-0.15, -0.1) is 22.7 Å². The van der Waals surface area contributed by atoms with Crippen LogP contribution in [0.15, 0.2) is 47.4 Å². The predicted molar refractivity (Wildman–Crippen MR) is 170 cm³/mol. The van der Waals surface area contributed by atoms with Gasteiger partial charge in [0.15, 0.2) is 11.6 Å². The zero-order valence-electron chi connectivity index (χ0n) is 24.3. The van der Waals surface area contributed by atoms with Crippen LogP contribution in [0.25, 0.3) is 21.8 Å². The molecule has 0 unspecified atom stereocenters. The number of thiazole rings is 2. The van der Waals surface area contributed by atoms with Crippen LogP contribution in [0.2, 0.25) is 0 Å². The molecule has 0 aliphatic carbocycles. The van der Waals surface area contributed by atoms with Gasteiger partial charge in [0.25, 0.3) is 5.69 Å². The van der Waals surface area contributed by atoms with Crippen LogP contribution < -0.4 is 15.5 Å². The third-order valence-corrected chi connectivity index (χ3v) is 8.67. The number of rotatable bonds is 7. The minimum Gasteiger partial charge on any atom is -0.399 e. The van der Waals surface area contributed by atoms with Crippen molar-refractivity contribution in [3.05, 3.63) is 78.7 Å². The fourth-order valence-electron chi connectivity index (χ4n) is 4.72. The van der Waals surface area contributed by atoms with E-state index in [-0.39, 0.29) is 5.69 Å². The lowest BCUT2D eigenvalue weighted by Gasteiger charge is -2.15. The molecule has 14 heteroatoms. The molecule has 12 nitrogen and oxygen atoms in total. The molecule has 0 fully saturated rings. The summed E-state index contributed by atoms with van der Waals surface area (Å²) in [4.78, 5) is 25.8. The van der Waals surface area contributed by atoms with Gasteiger partial charge in [-0.3, -0.25) is 19.5 Å². The van der Waals surface area contributed by atoms with E-state index in [4.69, 9.17) is 5.73 Å². The number of hydrogen-bond acceptors (Lipinski definition) is 11. The number of nitrogens with zero attached hydrogens (tertiary/aromatic N) is 9. The Hall–Kier alpha value is -4.56. The molecule has 0 bridgehead atoms. The first-order chi connectivity index (χ1) is 20.0. The molecular formula is C28H32N10O2S2. The van der Waals surface area contributed by atoms with E-state index in [1.165, 1.54) is 15.8 Å². The maximum absolute atomic E-state index is 10.9. The number of nitro groups is 1. The molecule has 0 radical (unpaired) electrons. The molecule has 218 valence electrons. The Morgan fingerprint density at radius 2 is 1.31 bits per heavy atom. The summed E-state index contributed by atoms with van der Waals surface area (Å²) in [7, 11) is 7.71. The normalized spacial score (nSPS) is 11.1. The second kappa shape index (κ2) is 11.7. The fraction of sp³-hybridized carbons (Fsp3) is 0.286. The van der Waals surface area contributed by atoms with Crippen LogP contribution in [0.4, 0.5) is 23.0 Å². The fourth-order valence-corrected chi connectivity index (χ4v) is 5.90. The summed E-state index contributed by atoms with van der Waals surface area (Å²) in [5, 5.41) is 22.0. The minimum absolute atomic E-state index is 0.0695. The largest absolute Gasteiger partial charge is 0.399 e. The van der Waals surface area contributed by atoms with Crippen LogP contribution in [0.3, 0.4) is 0 Å². The van der Waals surface area contributed by atoms with Crippen molar-refractivity contribution >= 4 is 67.5 Å². The van der Waals surface area contributed by atoms with Gasteiger partial charge in [0.1, 0.15) is 0 Å². The van der Waals surface area contributed by atoms with Gasteiger partial charge in [-0.05, 0) is 38.1 Å². The van der Waals surface area contributed by atoms with E-state index in [2.05, 4.69) is 32.0 Å². The number of non-ortho nitro benzene ring substituents is 1. The number of hydrogen-bond donors (Lipinski definition) is 1. The van der Waals surface area contributed by atoms with Crippen molar-refractivity contribution in [3.8, 4) is 0 Å². The first kappa shape index (κ1) is 29.0. The van der Waals surface area contributed by atoms with Crippen LogP contribution in [0.5, 0.6) is 0 Å². The van der Waals surface area contributed by atoms with Crippen LogP contribution in [-0.4, -0.2) is 48.5 Å². The van der Waals surface area contributed by atoms with Crippen LogP contribution in [0.1, 0.15) is 21.1 Å². The molecule has 42 heavy (non-hydrogen) atoms. The Bertz CT molecular complexity index is 1890. The molecule has 0 saturated carbocycles. The van der Waals surface area contributed by atoms with Crippen molar-refractivity contribution in [3.63, 3.8) is 0 Å². The Labute approximate surface area is 250 Å². The predicted octanol–water partition coefficient (Wildman–Crippen LogP) is 5.44. The molecule has 0 amide bonds. The van der Waals surface area contributed by atoms with Crippen molar-refractivity contribution in [2.24, 2.45) is 14.1 Å². The highest BCUT2D eigenvalue weighted by atomic mass is 32.1. The number of nitro benzene ring substituents is 1. The summed E-state index contributed by atoms with van der Waals surface area (Å²) in [5.41, 5.74) is 14.3. The standard InChI is InChI=1S/C14H15N5O2S.C14H17N5S/c1-9-12(15-8-22-9)7-17(2)14-11-5-4-10(19(20)21)6-13(11)18(3)16-14;1-9-12(16-8-20-9)7-18(2)14-11-5-4-10(15)6-13(11)19(3)17-14/h4-6,8H,7H2,1-3H3;4-6,8H,7,15H2,1-3H3. The zero-order valence-corrected chi connectivity index (χ0v) is 25.9. The van der Waals surface area contributed by atoms with Gasteiger partial charge in [0.05, 0.1) is 51.5 Å². The SMILES string of the molecule is Cc1scnc1CN(C)c1nn(C)c2cc(N)ccc12.Cc1scnc1CN(C)c1nn(C)c2cc([N+](=O)[O-])ccc12. The lowest BCUT2D eigenvalue weighted by atomic mass is 10.2. The summed E-state index contributed by atoms with van der Waals surface area (Å²) < 4.78 is 3.54. The number of aryl methyl sites for hydroxylation is 4. The summed E-state index contributed by atoms with van der Waals surface area (Å²) in [6.07, 6.45) is 0. The van der Waals surface area contributed by atoms with Crippen molar-refractivity contribution in [2.75, 3.05) is 29.6 Å². The highest BCUT2D eigenvalue weighted by Gasteiger charge is 2.18. The summed E-state index contributed by atoms with van der Waals surface area (Å²) >= 11 is 3.29. The third-order valence-electron chi connectivity index (χ3n) is 7.07. The second-order valence-electron chi connectivity index (χ2n) is 10.1. The van der Waals surface area contributed by atoms with Gasteiger partial charge in [-0.1, -0.05) is 0 Å². The molecule has 2 aromatic carbocycles. The molecule has 4 aromatic heterocycles. The Kier molecular flexibility index (Phi) is 8.09. The van der Waals surface area contributed by atoms with Crippen molar-refractivity contribution in [1.29, 1.82) is 0 Å². The van der Waals surface area contributed by atoms with Gasteiger partial charge >= 0.3 is 0 Å². The van der Waals surface area contributed by atoms with Crippen molar-refractivity contribution in [1.82, 2.24) is 29.5 Å². The number of nitrogen functional groups attached to an aromatic ring is 1. The summed E-state index contributed by atoms with van der Waals surface area (Å²) in [6, 6.07) is 10.7. The molecule has 0 aliphatic rings. The van der Waals surface area contributed by atoms with Gasteiger partial charge in [0.2, 0.25) is 0 Å². The quantitative estimate of drug-likeness (QED) is 0.143. The summed E-state index contributed by atoms with van der Waals surface area (Å²) in [5.74, 6) is 1.75. The van der Waals surface area contributed by atoms with E-state index in [1.54, 1.807) is 46.5 Å². The van der Waals surface area contributed by atoms with Crippen LogP contribution in [-0.2, 0) is 27.2 Å². The number of anilines is 3. The lowest BCUT2D eigenvalue weighted by Crippen LogP contribution is -2.18. The minimum atomic E-state index is -0.394. The van der Waals surface area contributed by atoms with E-state index in [9.17, 15) is 10.1 Å². The summed E-state index contributed by atoms with van der Waals surface area (Å²) in [6.45, 7) is 5.54. The maximum Gasteiger partial charge on any atom is 0.271 e. The topological polar surface area (TPSA) is 137 Å². The van der Waals surface area contributed by atoms with Crippen LogP contribution in [0, 0.1) is 24.0 Å². The Balaban J connectivity index is 0.000000169. The van der Waals surface area contributed by atoms with E-state index in [0.717, 1.165) is 57.1 Å². The van der Waals surface area contributed by atoms with Gasteiger partial charge in [-0.25, -0.2) is 9.97 Å². The molecule has 0 atom stereocenters. The first-order valence-electron chi connectivity index (χ1n) is 13.1. The molecule has 6 aromatic rings. The molecule has 2 N–H and O–H groups in total.